The van der Waals surface area contributed by atoms with Crippen LogP contribution in [0.5, 0.6) is 0 Å². The highest BCUT2D eigenvalue weighted by atomic mass is 32.2. The lowest BCUT2D eigenvalue weighted by Crippen LogP contribution is -2.25. The molecule has 0 spiro atoms. The normalized spacial score (nSPS) is 12.0. The molecule has 5 nitrogen and oxygen atoms in total. The van der Waals surface area contributed by atoms with Crippen molar-refractivity contribution < 1.29 is 8.42 Å². The maximum absolute atomic E-state index is 12.2. The molecule has 0 saturated heterocycles. The average molecular weight is 273 g/mol. The Labute approximate surface area is 110 Å². The summed E-state index contributed by atoms with van der Waals surface area (Å²) in [5.74, 6) is 0. The summed E-state index contributed by atoms with van der Waals surface area (Å²) in [6.07, 6.45) is 4.23. The summed E-state index contributed by atoms with van der Waals surface area (Å²) >= 11 is 0. The molecule has 1 N–H and O–H groups in total. The monoisotopic (exact) mass is 273 g/mol. The molecule has 0 amide bonds. The maximum atomic E-state index is 12.2. The number of rotatable bonds is 7. The Morgan fingerprint density at radius 2 is 1.89 bits per heavy atom. The Morgan fingerprint density at radius 3 is 2.39 bits per heavy atom. The molecule has 0 unspecified atom stereocenters. The van der Waals surface area contributed by atoms with Crippen molar-refractivity contribution in [3.8, 4) is 0 Å². The molecule has 18 heavy (non-hydrogen) atoms. The third-order valence-corrected chi connectivity index (χ3v) is 4.75. The van der Waals surface area contributed by atoms with Gasteiger partial charge < -0.3 is 0 Å². The van der Waals surface area contributed by atoms with E-state index in [1.54, 1.807) is 25.6 Å². The number of sulfonamides is 1. The van der Waals surface area contributed by atoms with E-state index < -0.39 is 10.0 Å². The molecule has 0 aromatic carbocycles. The van der Waals surface area contributed by atoms with Gasteiger partial charge in [-0.3, -0.25) is 4.68 Å². The number of unbranched alkanes of at least 4 members (excludes halogenated alkanes) is 3. The first-order chi connectivity index (χ1) is 8.40. The topological polar surface area (TPSA) is 64.0 Å². The van der Waals surface area contributed by atoms with Crippen LogP contribution in [0.3, 0.4) is 0 Å². The fraction of sp³-hybridized carbons (Fsp3) is 0.750. The maximum Gasteiger partial charge on any atom is 0.244 e. The minimum Gasteiger partial charge on any atom is -0.271 e. The summed E-state index contributed by atoms with van der Waals surface area (Å²) in [6.45, 7) is 6.12. The van der Waals surface area contributed by atoms with Crippen LogP contribution < -0.4 is 4.72 Å². The van der Waals surface area contributed by atoms with E-state index in [4.69, 9.17) is 0 Å². The van der Waals surface area contributed by atoms with Gasteiger partial charge in [0.05, 0.1) is 11.4 Å². The lowest BCUT2D eigenvalue weighted by atomic mass is 10.2. The number of hydrogen-bond donors (Lipinski definition) is 1. The van der Waals surface area contributed by atoms with Gasteiger partial charge in [0.2, 0.25) is 10.0 Å². The van der Waals surface area contributed by atoms with E-state index in [0.717, 1.165) is 25.7 Å². The third-order valence-electron chi connectivity index (χ3n) is 3.03. The Hall–Kier alpha value is -0.880. The zero-order valence-corrected chi connectivity index (χ0v) is 12.5. The van der Waals surface area contributed by atoms with Crippen molar-refractivity contribution in [3.63, 3.8) is 0 Å². The molecule has 0 aliphatic heterocycles. The predicted molar refractivity (Wildman–Crippen MR) is 72.0 cm³/mol. The van der Waals surface area contributed by atoms with Crippen LogP contribution in [-0.4, -0.2) is 24.7 Å². The standard InChI is InChI=1S/C12H23N3O2S/c1-5-6-7-8-9-13-18(16,17)12-10(2)14-15(4)11(12)3/h13H,5-9H2,1-4H3. The van der Waals surface area contributed by atoms with E-state index >= 15 is 0 Å². The summed E-state index contributed by atoms with van der Waals surface area (Å²) in [4.78, 5) is 0.320. The quantitative estimate of drug-likeness (QED) is 0.772. The van der Waals surface area contributed by atoms with Crippen LogP contribution in [0.2, 0.25) is 0 Å². The second-order valence-corrected chi connectivity index (χ2v) is 6.29. The number of aryl methyl sites for hydroxylation is 2. The van der Waals surface area contributed by atoms with E-state index in [1.807, 2.05) is 0 Å². The van der Waals surface area contributed by atoms with Crippen LogP contribution in [0.1, 0.15) is 44.0 Å². The summed E-state index contributed by atoms with van der Waals surface area (Å²) < 4.78 is 28.6. The zero-order chi connectivity index (χ0) is 13.8. The van der Waals surface area contributed by atoms with Gasteiger partial charge in [-0.25, -0.2) is 13.1 Å². The van der Waals surface area contributed by atoms with Crippen molar-refractivity contribution in [1.29, 1.82) is 0 Å². The third kappa shape index (κ3) is 3.55. The molecule has 1 aromatic rings. The van der Waals surface area contributed by atoms with Crippen LogP contribution in [0.15, 0.2) is 4.90 Å². The SMILES string of the molecule is CCCCCCNS(=O)(=O)c1c(C)nn(C)c1C. The van der Waals surface area contributed by atoms with Gasteiger partial charge in [-0.15, -0.1) is 0 Å². The van der Waals surface area contributed by atoms with Crippen LogP contribution in [0, 0.1) is 13.8 Å². The number of aromatic nitrogens is 2. The van der Waals surface area contributed by atoms with Crippen molar-refractivity contribution in [2.75, 3.05) is 6.54 Å². The van der Waals surface area contributed by atoms with Crippen LogP contribution in [-0.2, 0) is 17.1 Å². The summed E-state index contributed by atoms with van der Waals surface area (Å²) in [5, 5.41) is 4.13. The number of nitrogens with one attached hydrogen (secondary N) is 1. The van der Waals surface area contributed by atoms with E-state index in [9.17, 15) is 8.42 Å². The van der Waals surface area contributed by atoms with Crippen molar-refractivity contribution in [3.05, 3.63) is 11.4 Å². The Bertz CT molecular complexity index is 492. The van der Waals surface area contributed by atoms with E-state index in [1.165, 1.54) is 0 Å². The van der Waals surface area contributed by atoms with Crippen LogP contribution in [0.25, 0.3) is 0 Å². The molecule has 0 fully saturated rings. The van der Waals surface area contributed by atoms with Gasteiger partial charge in [-0.05, 0) is 20.3 Å². The van der Waals surface area contributed by atoms with Crippen LogP contribution in [0.4, 0.5) is 0 Å². The molecule has 0 aliphatic carbocycles. The largest absolute Gasteiger partial charge is 0.271 e. The minimum atomic E-state index is -3.42. The van der Waals surface area contributed by atoms with E-state index in [0.29, 0.717) is 22.8 Å². The number of nitrogens with zero attached hydrogens (tertiary/aromatic N) is 2. The number of hydrogen-bond acceptors (Lipinski definition) is 3. The van der Waals surface area contributed by atoms with Gasteiger partial charge in [0.15, 0.2) is 0 Å². The molecule has 1 rings (SSSR count). The first-order valence-corrected chi connectivity index (χ1v) is 7.88. The first-order valence-electron chi connectivity index (χ1n) is 6.40. The predicted octanol–water partition coefficient (Wildman–Crippen LogP) is 1.90. The summed E-state index contributed by atoms with van der Waals surface area (Å²) in [7, 11) is -1.67. The lowest BCUT2D eigenvalue weighted by Gasteiger charge is -2.06. The van der Waals surface area contributed by atoms with Crippen molar-refractivity contribution in [2.24, 2.45) is 7.05 Å². The van der Waals surface area contributed by atoms with Crippen molar-refractivity contribution in [1.82, 2.24) is 14.5 Å². The summed E-state index contributed by atoms with van der Waals surface area (Å²) in [6, 6.07) is 0. The molecule has 0 radical (unpaired) electrons. The average Bonchev–Trinajstić information content (AvgIpc) is 2.53. The second kappa shape index (κ2) is 6.33. The summed E-state index contributed by atoms with van der Waals surface area (Å²) in [5.41, 5.74) is 1.23. The lowest BCUT2D eigenvalue weighted by molar-refractivity contribution is 0.572. The smallest absolute Gasteiger partial charge is 0.244 e. The fourth-order valence-electron chi connectivity index (χ4n) is 1.97. The molecule has 0 saturated carbocycles. The molecule has 1 aromatic heterocycles. The minimum absolute atomic E-state index is 0.320. The van der Waals surface area contributed by atoms with E-state index in [2.05, 4.69) is 16.7 Å². The zero-order valence-electron chi connectivity index (χ0n) is 11.7. The van der Waals surface area contributed by atoms with Gasteiger partial charge in [-0.2, -0.15) is 5.10 Å². The van der Waals surface area contributed by atoms with Gasteiger partial charge in [0.1, 0.15) is 4.90 Å². The second-order valence-electron chi connectivity index (χ2n) is 4.58. The van der Waals surface area contributed by atoms with Gasteiger partial charge >= 0.3 is 0 Å². The Kier molecular flexibility index (Phi) is 5.34. The molecule has 0 aliphatic rings. The van der Waals surface area contributed by atoms with Gasteiger partial charge in [0, 0.05) is 13.6 Å². The van der Waals surface area contributed by atoms with Gasteiger partial charge in [-0.1, -0.05) is 26.2 Å². The molecular weight excluding hydrogens is 250 g/mol. The molecule has 1 heterocycles. The first kappa shape index (κ1) is 15.2. The van der Waals surface area contributed by atoms with Gasteiger partial charge in [0.25, 0.3) is 0 Å². The highest BCUT2D eigenvalue weighted by Gasteiger charge is 2.22. The Balaban J connectivity index is 2.69. The van der Waals surface area contributed by atoms with E-state index in [-0.39, 0.29) is 0 Å². The molecule has 0 atom stereocenters. The van der Waals surface area contributed by atoms with Crippen LogP contribution >= 0.6 is 0 Å². The Morgan fingerprint density at radius 1 is 1.22 bits per heavy atom. The highest BCUT2D eigenvalue weighted by molar-refractivity contribution is 7.89. The molecule has 104 valence electrons. The fourth-order valence-corrected chi connectivity index (χ4v) is 3.48. The molecule has 6 heteroatoms. The van der Waals surface area contributed by atoms with Crippen molar-refractivity contribution in [2.45, 2.75) is 51.3 Å². The molecule has 0 bridgehead atoms. The highest BCUT2D eigenvalue weighted by Crippen LogP contribution is 2.18. The van der Waals surface area contributed by atoms with Crippen molar-refractivity contribution >= 4 is 10.0 Å². The molecular formula is C12H23N3O2S.